The number of fused-ring (bicyclic) bond motifs is 1. The molecule has 0 fully saturated rings. The lowest BCUT2D eigenvalue weighted by Crippen LogP contribution is -2.21. The molecule has 3 rings (SSSR count). The van der Waals surface area contributed by atoms with Gasteiger partial charge in [-0.15, -0.1) is 0 Å². The van der Waals surface area contributed by atoms with Gasteiger partial charge in [-0.25, -0.2) is 0 Å². The van der Waals surface area contributed by atoms with E-state index in [1.807, 2.05) is 12.1 Å². The molecule has 0 saturated heterocycles. The largest absolute Gasteiger partial charge is 0.491 e. The highest BCUT2D eigenvalue weighted by Crippen LogP contribution is 2.35. The van der Waals surface area contributed by atoms with Gasteiger partial charge in [0.2, 0.25) is 0 Å². The van der Waals surface area contributed by atoms with Gasteiger partial charge >= 0.3 is 0 Å². The first-order valence-electron chi connectivity index (χ1n) is 7.44. The highest BCUT2D eigenvalue weighted by Gasteiger charge is 2.23. The lowest BCUT2D eigenvalue weighted by molar-refractivity contribution is 0.297. The van der Waals surface area contributed by atoms with Crippen LogP contribution < -0.4 is 14.8 Å². The zero-order valence-corrected chi connectivity index (χ0v) is 12.6. The van der Waals surface area contributed by atoms with Gasteiger partial charge in [-0.3, -0.25) is 0 Å². The van der Waals surface area contributed by atoms with Crippen LogP contribution in [0.25, 0.3) is 0 Å². The fraction of sp³-hybridized carbons (Fsp3) is 0.333. The van der Waals surface area contributed by atoms with Crippen LogP contribution in [0.1, 0.15) is 29.7 Å². The molecule has 0 spiro atoms. The minimum Gasteiger partial charge on any atom is -0.491 e. The lowest BCUT2D eigenvalue weighted by Gasteiger charge is -2.10. The number of ether oxygens (including phenoxy) is 2. The van der Waals surface area contributed by atoms with Crippen molar-refractivity contribution in [2.24, 2.45) is 0 Å². The third-order valence-electron chi connectivity index (χ3n) is 3.70. The molecule has 1 aliphatic heterocycles. The van der Waals surface area contributed by atoms with Gasteiger partial charge in [0.15, 0.2) is 0 Å². The normalized spacial score (nSPS) is 16.4. The van der Waals surface area contributed by atoms with Crippen molar-refractivity contribution in [2.75, 3.05) is 13.2 Å². The fourth-order valence-electron chi connectivity index (χ4n) is 2.66. The van der Waals surface area contributed by atoms with Crippen molar-refractivity contribution in [2.45, 2.75) is 26.5 Å². The zero-order valence-electron chi connectivity index (χ0n) is 12.6. The third-order valence-corrected chi connectivity index (χ3v) is 3.70. The summed E-state index contributed by atoms with van der Waals surface area (Å²) in [5.74, 6) is 1.79. The Morgan fingerprint density at radius 1 is 1.24 bits per heavy atom. The topological polar surface area (TPSA) is 30.5 Å². The van der Waals surface area contributed by atoms with Gasteiger partial charge < -0.3 is 14.8 Å². The molecule has 1 aliphatic rings. The molecule has 0 aliphatic carbocycles. The summed E-state index contributed by atoms with van der Waals surface area (Å²) in [6, 6.07) is 14.8. The number of rotatable bonds is 5. The van der Waals surface area contributed by atoms with Gasteiger partial charge in [-0.1, -0.05) is 36.8 Å². The van der Waals surface area contributed by atoms with Crippen molar-refractivity contribution >= 4 is 0 Å². The minimum atomic E-state index is 0.302. The standard InChI is InChI=1S/C18H21NO2/c1-3-19-17-12-21-18-10-15(7-8-16(17)18)20-11-14-6-4-5-13(2)9-14/h4-10,17,19H,3,11-12H2,1-2H3. The fourth-order valence-corrected chi connectivity index (χ4v) is 2.66. The molecular weight excluding hydrogens is 262 g/mol. The molecule has 3 heteroatoms. The van der Waals surface area contributed by atoms with Gasteiger partial charge in [0, 0.05) is 11.6 Å². The van der Waals surface area contributed by atoms with E-state index in [9.17, 15) is 0 Å². The van der Waals surface area contributed by atoms with Crippen LogP contribution >= 0.6 is 0 Å². The molecule has 110 valence electrons. The highest BCUT2D eigenvalue weighted by molar-refractivity contribution is 5.45. The Bertz CT molecular complexity index is 624. The van der Waals surface area contributed by atoms with Gasteiger partial charge in [0.05, 0.1) is 6.04 Å². The van der Waals surface area contributed by atoms with Crippen molar-refractivity contribution in [3.05, 3.63) is 59.2 Å². The van der Waals surface area contributed by atoms with Gasteiger partial charge in [-0.2, -0.15) is 0 Å². The molecule has 2 aromatic rings. The van der Waals surface area contributed by atoms with Crippen molar-refractivity contribution in [3.63, 3.8) is 0 Å². The monoisotopic (exact) mass is 283 g/mol. The van der Waals surface area contributed by atoms with Crippen molar-refractivity contribution in [3.8, 4) is 11.5 Å². The molecule has 2 aromatic carbocycles. The summed E-state index contributed by atoms with van der Waals surface area (Å²) in [6.45, 7) is 6.42. The van der Waals surface area contributed by atoms with Crippen LogP contribution in [0.15, 0.2) is 42.5 Å². The molecule has 21 heavy (non-hydrogen) atoms. The van der Waals surface area contributed by atoms with E-state index in [4.69, 9.17) is 9.47 Å². The second kappa shape index (κ2) is 6.19. The summed E-state index contributed by atoms with van der Waals surface area (Å²) >= 11 is 0. The molecule has 0 aromatic heterocycles. The average Bonchev–Trinajstić information content (AvgIpc) is 2.88. The summed E-state index contributed by atoms with van der Waals surface area (Å²) in [5, 5.41) is 3.42. The van der Waals surface area contributed by atoms with Crippen LogP contribution in [0.5, 0.6) is 11.5 Å². The lowest BCUT2D eigenvalue weighted by atomic mass is 10.1. The summed E-state index contributed by atoms with van der Waals surface area (Å²) in [6.07, 6.45) is 0. The van der Waals surface area contributed by atoms with Gasteiger partial charge in [-0.05, 0) is 31.2 Å². The molecule has 1 unspecified atom stereocenters. The molecule has 1 atom stereocenters. The Morgan fingerprint density at radius 3 is 2.95 bits per heavy atom. The van der Waals surface area contributed by atoms with E-state index in [1.54, 1.807) is 0 Å². The predicted octanol–water partition coefficient (Wildman–Crippen LogP) is 3.62. The third kappa shape index (κ3) is 3.19. The summed E-state index contributed by atoms with van der Waals surface area (Å²) in [4.78, 5) is 0. The van der Waals surface area contributed by atoms with E-state index in [-0.39, 0.29) is 0 Å². The van der Waals surface area contributed by atoms with Crippen LogP contribution in [0.3, 0.4) is 0 Å². The zero-order chi connectivity index (χ0) is 14.7. The molecule has 0 bridgehead atoms. The number of benzene rings is 2. The van der Waals surface area contributed by atoms with Crippen LogP contribution in [0.2, 0.25) is 0 Å². The van der Waals surface area contributed by atoms with E-state index >= 15 is 0 Å². The smallest absolute Gasteiger partial charge is 0.128 e. The maximum Gasteiger partial charge on any atom is 0.128 e. The van der Waals surface area contributed by atoms with Crippen molar-refractivity contribution in [1.29, 1.82) is 0 Å². The van der Waals surface area contributed by atoms with E-state index in [1.165, 1.54) is 16.7 Å². The molecule has 0 radical (unpaired) electrons. The molecule has 3 nitrogen and oxygen atoms in total. The Morgan fingerprint density at radius 2 is 2.14 bits per heavy atom. The number of hydrogen-bond acceptors (Lipinski definition) is 3. The van der Waals surface area contributed by atoms with Crippen LogP contribution in [-0.2, 0) is 6.61 Å². The van der Waals surface area contributed by atoms with E-state index < -0.39 is 0 Å². The van der Waals surface area contributed by atoms with E-state index in [2.05, 4.69) is 49.5 Å². The molecule has 1 heterocycles. The average molecular weight is 283 g/mol. The summed E-state index contributed by atoms with van der Waals surface area (Å²) in [7, 11) is 0. The summed E-state index contributed by atoms with van der Waals surface area (Å²) in [5.41, 5.74) is 3.66. The number of nitrogens with one attached hydrogen (secondary N) is 1. The SMILES string of the molecule is CCNC1COc2cc(OCc3cccc(C)c3)ccc21. The van der Waals surface area contributed by atoms with Crippen LogP contribution in [-0.4, -0.2) is 13.2 Å². The number of likely N-dealkylation sites (N-methyl/N-ethyl adjacent to an activating group) is 1. The van der Waals surface area contributed by atoms with Crippen LogP contribution in [0, 0.1) is 6.92 Å². The first-order chi connectivity index (χ1) is 10.3. The summed E-state index contributed by atoms with van der Waals surface area (Å²) < 4.78 is 11.6. The van der Waals surface area contributed by atoms with Crippen molar-refractivity contribution in [1.82, 2.24) is 5.32 Å². The van der Waals surface area contributed by atoms with Crippen molar-refractivity contribution < 1.29 is 9.47 Å². The maximum atomic E-state index is 5.87. The molecule has 1 N–H and O–H groups in total. The molecule has 0 saturated carbocycles. The number of aryl methyl sites for hydroxylation is 1. The molecular formula is C18H21NO2. The predicted molar refractivity (Wildman–Crippen MR) is 83.9 cm³/mol. The van der Waals surface area contributed by atoms with Gasteiger partial charge in [0.25, 0.3) is 0 Å². The van der Waals surface area contributed by atoms with E-state index in [0.29, 0.717) is 19.3 Å². The second-order valence-electron chi connectivity index (χ2n) is 5.40. The Balaban J connectivity index is 1.68. The first-order valence-corrected chi connectivity index (χ1v) is 7.44. The first kappa shape index (κ1) is 14.0. The number of hydrogen-bond donors (Lipinski definition) is 1. The molecule has 0 amide bonds. The maximum absolute atomic E-state index is 5.87. The Kier molecular flexibility index (Phi) is 4.11. The van der Waals surface area contributed by atoms with Crippen LogP contribution in [0.4, 0.5) is 0 Å². The highest BCUT2D eigenvalue weighted by atomic mass is 16.5. The minimum absolute atomic E-state index is 0.302. The second-order valence-corrected chi connectivity index (χ2v) is 5.40. The quantitative estimate of drug-likeness (QED) is 0.909. The van der Waals surface area contributed by atoms with E-state index in [0.717, 1.165) is 18.0 Å². The Labute approximate surface area is 125 Å². The Hall–Kier alpha value is -2.00. The van der Waals surface area contributed by atoms with Gasteiger partial charge in [0.1, 0.15) is 24.7 Å².